The molecular formula is C28H34N6O2. The van der Waals surface area contributed by atoms with E-state index in [1.54, 1.807) is 0 Å². The van der Waals surface area contributed by atoms with Gasteiger partial charge in [0.15, 0.2) is 5.82 Å². The number of hydrogen-bond donors (Lipinski definition) is 1. The lowest BCUT2D eigenvalue weighted by atomic mass is 10.0. The van der Waals surface area contributed by atoms with Gasteiger partial charge in [-0.3, -0.25) is 9.69 Å². The predicted molar refractivity (Wildman–Crippen MR) is 139 cm³/mol. The molecule has 0 spiro atoms. The van der Waals surface area contributed by atoms with Gasteiger partial charge in [0.2, 0.25) is 0 Å². The van der Waals surface area contributed by atoms with Gasteiger partial charge in [0.25, 0.3) is 5.56 Å². The molecule has 2 unspecified atom stereocenters. The average molecular weight is 487 g/mol. The van der Waals surface area contributed by atoms with Crippen molar-refractivity contribution in [2.45, 2.75) is 71.3 Å². The van der Waals surface area contributed by atoms with Crippen molar-refractivity contribution in [3.05, 3.63) is 87.5 Å². The minimum Gasteiger partial charge on any atom is -0.376 e. The summed E-state index contributed by atoms with van der Waals surface area (Å²) in [5, 5.41) is 13.9. The summed E-state index contributed by atoms with van der Waals surface area (Å²) in [5.74, 6) is 0.830. The molecular weight excluding hydrogens is 452 g/mol. The van der Waals surface area contributed by atoms with Crippen LogP contribution < -0.4 is 5.56 Å². The molecule has 36 heavy (non-hydrogen) atoms. The Kier molecular flexibility index (Phi) is 7.53. The number of aromatic nitrogens is 5. The SMILES string of the molecule is CCCC(c1nnnn1CC1CCCO1)N(Cc1ccccc1)Cc1cc2cccc(C)c2[nH]c1=O. The molecule has 8 nitrogen and oxygen atoms in total. The number of ether oxygens (including phenoxy) is 1. The van der Waals surface area contributed by atoms with Gasteiger partial charge in [0, 0.05) is 25.3 Å². The highest BCUT2D eigenvalue weighted by atomic mass is 16.5. The van der Waals surface area contributed by atoms with Gasteiger partial charge in [-0.05, 0) is 59.2 Å². The summed E-state index contributed by atoms with van der Waals surface area (Å²) >= 11 is 0. The van der Waals surface area contributed by atoms with Crippen LogP contribution in [0.4, 0.5) is 0 Å². The lowest BCUT2D eigenvalue weighted by Crippen LogP contribution is -2.33. The quantitative estimate of drug-likeness (QED) is 0.354. The topological polar surface area (TPSA) is 88.9 Å². The van der Waals surface area contributed by atoms with Gasteiger partial charge in [-0.2, -0.15) is 0 Å². The molecule has 0 bridgehead atoms. The third-order valence-corrected chi connectivity index (χ3v) is 7.03. The first-order valence-electron chi connectivity index (χ1n) is 12.9. The molecule has 5 rings (SSSR count). The molecule has 0 amide bonds. The molecule has 2 aromatic heterocycles. The third-order valence-electron chi connectivity index (χ3n) is 7.03. The number of hydrogen-bond acceptors (Lipinski definition) is 6. The zero-order valence-corrected chi connectivity index (χ0v) is 21.1. The van der Waals surface area contributed by atoms with Crippen molar-refractivity contribution in [3.63, 3.8) is 0 Å². The van der Waals surface area contributed by atoms with Crippen molar-refractivity contribution in [1.82, 2.24) is 30.1 Å². The van der Waals surface area contributed by atoms with Crippen molar-refractivity contribution in [2.75, 3.05) is 6.61 Å². The summed E-state index contributed by atoms with van der Waals surface area (Å²) in [5.41, 5.74) is 3.83. The lowest BCUT2D eigenvalue weighted by molar-refractivity contribution is 0.0885. The zero-order valence-electron chi connectivity index (χ0n) is 21.1. The average Bonchev–Trinajstić information content (AvgIpc) is 3.57. The molecule has 4 aromatic rings. The number of H-pyrrole nitrogens is 1. The zero-order chi connectivity index (χ0) is 24.9. The highest BCUT2D eigenvalue weighted by Gasteiger charge is 2.28. The first-order valence-corrected chi connectivity index (χ1v) is 12.9. The van der Waals surface area contributed by atoms with Crippen molar-refractivity contribution >= 4 is 10.9 Å². The number of tetrazole rings is 1. The summed E-state index contributed by atoms with van der Waals surface area (Å²) in [7, 11) is 0. The van der Waals surface area contributed by atoms with Gasteiger partial charge in [-0.15, -0.1) is 5.10 Å². The van der Waals surface area contributed by atoms with Crippen molar-refractivity contribution < 1.29 is 4.74 Å². The second-order valence-electron chi connectivity index (χ2n) is 9.71. The van der Waals surface area contributed by atoms with E-state index in [1.807, 2.05) is 35.9 Å². The van der Waals surface area contributed by atoms with E-state index in [1.165, 1.54) is 5.56 Å². The van der Waals surface area contributed by atoms with E-state index in [2.05, 4.69) is 62.7 Å². The molecule has 1 aliphatic rings. The second-order valence-corrected chi connectivity index (χ2v) is 9.71. The highest BCUT2D eigenvalue weighted by Crippen LogP contribution is 2.29. The van der Waals surface area contributed by atoms with Gasteiger partial charge >= 0.3 is 0 Å². The van der Waals surface area contributed by atoms with Crippen molar-refractivity contribution in [1.29, 1.82) is 0 Å². The molecule has 1 N–H and O–H groups in total. The minimum absolute atomic E-state index is 0.0424. The maximum atomic E-state index is 13.2. The first kappa shape index (κ1) is 24.3. The lowest BCUT2D eigenvalue weighted by Gasteiger charge is -2.31. The van der Waals surface area contributed by atoms with Crippen LogP contribution in [0.2, 0.25) is 0 Å². The highest BCUT2D eigenvalue weighted by molar-refractivity contribution is 5.81. The first-order chi connectivity index (χ1) is 17.6. The summed E-state index contributed by atoms with van der Waals surface area (Å²) in [6, 6.07) is 18.5. The van der Waals surface area contributed by atoms with Gasteiger partial charge in [0.05, 0.1) is 24.2 Å². The number of para-hydroxylation sites is 1. The van der Waals surface area contributed by atoms with Gasteiger partial charge in [0.1, 0.15) is 0 Å². The second kappa shape index (κ2) is 11.1. The van der Waals surface area contributed by atoms with E-state index in [-0.39, 0.29) is 17.7 Å². The number of rotatable bonds is 10. The van der Waals surface area contributed by atoms with Crippen LogP contribution in [0, 0.1) is 6.92 Å². The molecule has 1 fully saturated rings. The molecule has 3 heterocycles. The monoisotopic (exact) mass is 486 g/mol. The Morgan fingerprint density at radius 3 is 2.81 bits per heavy atom. The molecule has 2 atom stereocenters. The van der Waals surface area contributed by atoms with E-state index >= 15 is 0 Å². The number of benzene rings is 2. The van der Waals surface area contributed by atoms with Crippen LogP contribution in [0.3, 0.4) is 0 Å². The maximum Gasteiger partial charge on any atom is 0.252 e. The Morgan fingerprint density at radius 1 is 1.17 bits per heavy atom. The van der Waals surface area contributed by atoms with E-state index in [4.69, 9.17) is 4.74 Å². The van der Waals surface area contributed by atoms with Gasteiger partial charge in [-0.25, -0.2) is 4.68 Å². The molecule has 8 heteroatoms. The van der Waals surface area contributed by atoms with Crippen LogP contribution in [0.25, 0.3) is 10.9 Å². The van der Waals surface area contributed by atoms with Crippen LogP contribution in [-0.4, -0.2) is 42.8 Å². The number of aryl methyl sites for hydroxylation is 1. The van der Waals surface area contributed by atoms with Crippen molar-refractivity contribution in [2.24, 2.45) is 0 Å². The molecule has 0 saturated carbocycles. The Morgan fingerprint density at radius 2 is 2.03 bits per heavy atom. The Hall–Kier alpha value is -3.36. The molecule has 0 aliphatic carbocycles. The van der Waals surface area contributed by atoms with Crippen LogP contribution in [0.5, 0.6) is 0 Å². The Bertz CT molecular complexity index is 1340. The number of nitrogens with one attached hydrogen (secondary N) is 1. The number of aromatic amines is 1. The molecule has 0 radical (unpaired) electrons. The Balaban J connectivity index is 1.51. The number of nitrogens with zero attached hydrogens (tertiary/aromatic N) is 5. The normalized spacial score (nSPS) is 16.7. The maximum absolute atomic E-state index is 13.2. The summed E-state index contributed by atoms with van der Waals surface area (Å²) in [4.78, 5) is 18.6. The predicted octanol–water partition coefficient (Wildman–Crippen LogP) is 4.55. The smallest absolute Gasteiger partial charge is 0.252 e. The minimum atomic E-state index is -0.0518. The number of pyridine rings is 1. The fourth-order valence-corrected chi connectivity index (χ4v) is 5.17. The largest absolute Gasteiger partial charge is 0.376 e. The van der Waals surface area contributed by atoms with Crippen LogP contribution in [0.1, 0.15) is 61.2 Å². The van der Waals surface area contributed by atoms with Crippen LogP contribution in [0.15, 0.2) is 59.4 Å². The van der Waals surface area contributed by atoms with E-state index in [0.29, 0.717) is 19.6 Å². The third kappa shape index (κ3) is 5.39. The van der Waals surface area contributed by atoms with E-state index in [9.17, 15) is 4.79 Å². The molecule has 2 aromatic carbocycles. The summed E-state index contributed by atoms with van der Waals surface area (Å²) < 4.78 is 7.77. The van der Waals surface area contributed by atoms with E-state index in [0.717, 1.165) is 60.1 Å². The number of fused-ring (bicyclic) bond motifs is 1. The van der Waals surface area contributed by atoms with Gasteiger partial charge < -0.3 is 9.72 Å². The summed E-state index contributed by atoms with van der Waals surface area (Å²) in [6.45, 7) is 6.82. The van der Waals surface area contributed by atoms with Crippen molar-refractivity contribution in [3.8, 4) is 0 Å². The fraction of sp³-hybridized carbons (Fsp3) is 0.429. The molecule has 188 valence electrons. The fourth-order valence-electron chi connectivity index (χ4n) is 5.17. The van der Waals surface area contributed by atoms with Gasteiger partial charge in [-0.1, -0.05) is 61.9 Å². The van der Waals surface area contributed by atoms with Crippen LogP contribution >= 0.6 is 0 Å². The Labute approximate surface area is 211 Å². The standard InChI is InChI=1S/C28H34N6O2/c1-3-9-25(27-30-31-32-34(27)19-24-14-8-15-36-24)33(17-21-11-5-4-6-12-21)18-23-16-22-13-7-10-20(2)26(22)29-28(23)35/h4-7,10-13,16,24-25H,3,8-9,14-15,17-19H2,1-2H3,(H,29,35). The molecule has 1 saturated heterocycles. The van der Waals surface area contributed by atoms with Crippen LogP contribution in [-0.2, 0) is 24.4 Å². The van der Waals surface area contributed by atoms with E-state index < -0.39 is 0 Å². The summed E-state index contributed by atoms with van der Waals surface area (Å²) in [6.07, 6.45) is 4.09. The molecule has 1 aliphatic heterocycles.